The summed E-state index contributed by atoms with van der Waals surface area (Å²) >= 11 is 6.43. The van der Waals surface area contributed by atoms with Crippen LogP contribution < -0.4 is 0 Å². The van der Waals surface area contributed by atoms with Crippen LogP contribution in [0.2, 0.25) is 0 Å². The molecule has 0 unspecified atom stereocenters. The van der Waals surface area contributed by atoms with Gasteiger partial charge in [-0.3, -0.25) is 9.78 Å². The van der Waals surface area contributed by atoms with Crippen LogP contribution in [0.25, 0.3) is 0 Å². The number of nitrogens with zero attached hydrogens (tertiary/aromatic N) is 1. The highest BCUT2D eigenvalue weighted by Crippen LogP contribution is 2.20. The Balaban J connectivity index is 2.47. The first kappa shape index (κ1) is 12.4. The van der Waals surface area contributed by atoms with Gasteiger partial charge in [0.1, 0.15) is 5.82 Å². The van der Waals surface area contributed by atoms with E-state index < -0.39 is 11.6 Å². The van der Waals surface area contributed by atoms with Crippen molar-refractivity contribution in [1.82, 2.24) is 4.98 Å². The predicted molar refractivity (Wildman–Crippen MR) is 69.5 cm³/mol. The Bertz CT molecular complexity index is 586. The molecule has 0 amide bonds. The summed E-state index contributed by atoms with van der Waals surface area (Å²) < 4.78 is 14.9. The van der Waals surface area contributed by atoms with Crippen molar-refractivity contribution in [3.05, 3.63) is 62.5 Å². The van der Waals surface area contributed by atoms with Crippen molar-refractivity contribution < 1.29 is 9.18 Å². The summed E-state index contributed by atoms with van der Waals surface area (Å²) in [5, 5.41) is 0. The lowest BCUT2D eigenvalue weighted by Gasteiger charge is -2.03. The molecule has 0 aliphatic carbocycles. The maximum absolute atomic E-state index is 13.5. The van der Waals surface area contributed by atoms with Crippen LogP contribution in [0.3, 0.4) is 0 Å². The zero-order chi connectivity index (χ0) is 12.4. The number of rotatable bonds is 2. The number of carbonyl (C=O) groups is 1. The Hall–Kier alpha value is -1.07. The molecule has 0 saturated carbocycles. The van der Waals surface area contributed by atoms with E-state index in [1.165, 1.54) is 18.3 Å². The van der Waals surface area contributed by atoms with Crippen LogP contribution in [-0.4, -0.2) is 10.8 Å². The Morgan fingerprint density at radius 1 is 1.12 bits per heavy atom. The average molecular weight is 359 g/mol. The molecule has 2 rings (SSSR count). The van der Waals surface area contributed by atoms with E-state index in [2.05, 4.69) is 36.8 Å². The minimum Gasteiger partial charge on any atom is -0.288 e. The van der Waals surface area contributed by atoms with Crippen LogP contribution in [0.4, 0.5) is 4.39 Å². The number of hydrogen-bond acceptors (Lipinski definition) is 2. The van der Waals surface area contributed by atoms with Gasteiger partial charge in [-0.25, -0.2) is 4.39 Å². The molecular weight excluding hydrogens is 353 g/mol. The van der Waals surface area contributed by atoms with E-state index in [0.717, 1.165) is 0 Å². The zero-order valence-corrected chi connectivity index (χ0v) is 11.6. The van der Waals surface area contributed by atoms with Crippen molar-refractivity contribution in [3.8, 4) is 0 Å². The maximum atomic E-state index is 13.5. The predicted octanol–water partition coefficient (Wildman–Crippen LogP) is 3.98. The summed E-state index contributed by atoms with van der Waals surface area (Å²) in [6.45, 7) is 0. The largest absolute Gasteiger partial charge is 0.288 e. The lowest BCUT2D eigenvalue weighted by molar-refractivity contribution is 0.103. The smallest absolute Gasteiger partial charge is 0.197 e. The summed E-state index contributed by atoms with van der Waals surface area (Å²) in [7, 11) is 0. The van der Waals surface area contributed by atoms with Crippen molar-refractivity contribution in [3.63, 3.8) is 0 Å². The third-order valence-electron chi connectivity index (χ3n) is 2.14. The van der Waals surface area contributed by atoms with Gasteiger partial charge in [0.05, 0.1) is 5.56 Å². The van der Waals surface area contributed by atoms with E-state index in [9.17, 15) is 9.18 Å². The number of pyridine rings is 1. The van der Waals surface area contributed by atoms with Crippen molar-refractivity contribution in [1.29, 1.82) is 0 Å². The number of benzene rings is 1. The fourth-order valence-corrected chi connectivity index (χ4v) is 2.09. The second-order valence-corrected chi connectivity index (χ2v) is 5.18. The number of carbonyl (C=O) groups excluding carboxylic acids is 1. The topological polar surface area (TPSA) is 30.0 Å². The van der Waals surface area contributed by atoms with E-state index in [0.29, 0.717) is 14.5 Å². The second-order valence-electron chi connectivity index (χ2n) is 3.35. The molecule has 0 bridgehead atoms. The van der Waals surface area contributed by atoms with Crippen LogP contribution >= 0.6 is 31.9 Å². The molecule has 0 radical (unpaired) electrons. The molecule has 0 N–H and O–H groups in total. The number of hydrogen-bond donors (Lipinski definition) is 0. The molecule has 0 atom stereocenters. The van der Waals surface area contributed by atoms with Gasteiger partial charge < -0.3 is 0 Å². The van der Waals surface area contributed by atoms with E-state index in [4.69, 9.17) is 0 Å². The van der Waals surface area contributed by atoms with Gasteiger partial charge in [-0.05, 0) is 40.2 Å². The quantitative estimate of drug-likeness (QED) is 0.760. The summed E-state index contributed by atoms with van der Waals surface area (Å²) in [5.74, 6) is -0.934. The fourth-order valence-electron chi connectivity index (χ4n) is 1.36. The number of aromatic nitrogens is 1. The number of ketones is 1. The number of halogens is 3. The van der Waals surface area contributed by atoms with Crippen molar-refractivity contribution >= 4 is 37.6 Å². The Morgan fingerprint density at radius 3 is 2.59 bits per heavy atom. The van der Waals surface area contributed by atoms with E-state index in [1.54, 1.807) is 18.3 Å². The molecule has 0 fully saturated rings. The molecular formula is C12H6Br2FNO. The minimum atomic E-state index is -0.543. The molecule has 1 aromatic heterocycles. The monoisotopic (exact) mass is 357 g/mol. The van der Waals surface area contributed by atoms with Gasteiger partial charge in [0.2, 0.25) is 0 Å². The van der Waals surface area contributed by atoms with Crippen molar-refractivity contribution in [2.24, 2.45) is 0 Å². The van der Waals surface area contributed by atoms with Gasteiger partial charge in [0, 0.05) is 26.9 Å². The first-order valence-electron chi connectivity index (χ1n) is 4.68. The summed E-state index contributed by atoms with van der Waals surface area (Å²) in [4.78, 5) is 15.9. The van der Waals surface area contributed by atoms with Crippen LogP contribution in [0, 0.1) is 5.82 Å². The maximum Gasteiger partial charge on any atom is 0.197 e. The van der Waals surface area contributed by atoms with Gasteiger partial charge in [0.25, 0.3) is 0 Å². The molecule has 0 aliphatic heterocycles. The van der Waals surface area contributed by atoms with Crippen LogP contribution in [0.15, 0.2) is 45.6 Å². The van der Waals surface area contributed by atoms with Crippen molar-refractivity contribution in [2.75, 3.05) is 0 Å². The minimum absolute atomic E-state index is 0.0271. The lowest BCUT2D eigenvalue weighted by atomic mass is 10.0. The Morgan fingerprint density at radius 2 is 1.88 bits per heavy atom. The fraction of sp³-hybridized carbons (Fsp3) is 0. The lowest BCUT2D eigenvalue weighted by Crippen LogP contribution is -2.04. The molecule has 86 valence electrons. The highest BCUT2D eigenvalue weighted by Gasteiger charge is 2.14. The van der Waals surface area contributed by atoms with Crippen molar-refractivity contribution in [2.45, 2.75) is 0 Å². The molecule has 1 heterocycles. The molecule has 0 saturated heterocycles. The SMILES string of the molecule is O=C(c1cncc(Br)c1)c1cc(Br)ccc1F. The van der Waals surface area contributed by atoms with Gasteiger partial charge in [-0.1, -0.05) is 15.9 Å². The summed E-state index contributed by atoms with van der Waals surface area (Å²) in [6.07, 6.45) is 2.97. The summed E-state index contributed by atoms with van der Waals surface area (Å²) in [5.41, 5.74) is 0.371. The highest BCUT2D eigenvalue weighted by molar-refractivity contribution is 9.10. The van der Waals surface area contributed by atoms with E-state index >= 15 is 0 Å². The molecule has 5 heteroatoms. The highest BCUT2D eigenvalue weighted by atomic mass is 79.9. The molecule has 0 aliphatic rings. The van der Waals surface area contributed by atoms with Gasteiger partial charge in [0.15, 0.2) is 5.78 Å². The second kappa shape index (κ2) is 5.06. The molecule has 0 spiro atoms. The first-order chi connectivity index (χ1) is 8.08. The van der Waals surface area contributed by atoms with Gasteiger partial charge in [-0.2, -0.15) is 0 Å². The van der Waals surface area contributed by atoms with Gasteiger partial charge in [-0.15, -0.1) is 0 Å². The third-order valence-corrected chi connectivity index (χ3v) is 3.07. The average Bonchev–Trinajstić information content (AvgIpc) is 2.31. The van der Waals surface area contributed by atoms with Crippen LogP contribution in [0.5, 0.6) is 0 Å². The zero-order valence-electron chi connectivity index (χ0n) is 8.45. The third kappa shape index (κ3) is 2.79. The van der Waals surface area contributed by atoms with Crippen LogP contribution in [-0.2, 0) is 0 Å². The first-order valence-corrected chi connectivity index (χ1v) is 6.27. The van der Waals surface area contributed by atoms with Crippen LogP contribution in [0.1, 0.15) is 15.9 Å². The normalized spacial score (nSPS) is 10.3. The Kier molecular flexibility index (Phi) is 3.69. The Labute approximate surface area is 114 Å². The molecule has 1 aromatic carbocycles. The molecule has 17 heavy (non-hydrogen) atoms. The molecule has 2 aromatic rings. The van der Waals surface area contributed by atoms with E-state index in [1.807, 2.05) is 0 Å². The van der Waals surface area contributed by atoms with E-state index in [-0.39, 0.29) is 5.56 Å². The summed E-state index contributed by atoms with van der Waals surface area (Å²) in [6, 6.07) is 5.86. The standard InChI is InChI=1S/C12H6Br2FNO/c13-8-1-2-11(15)10(4-8)12(17)7-3-9(14)6-16-5-7/h1-6H. The van der Waals surface area contributed by atoms with Gasteiger partial charge >= 0.3 is 0 Å². The molecule has 2 nitrogen and oxygen atoms in total.